The number of hydrogen-bond acceptors (Lipinski definition) is 3. The molecule has 0 saturated heterocycles. The van der Waals surface area contributed by atoms with E-state index in [1.165, 1.54) is 104 Å². The fourth-order valence-electron chi connectivity index (χ4n) is 16.0. The van der Waals surface area contributed by atoms with E-state index in [2.05, 4.69) is 314 Å². The maximum atomic E-state index is 6.83. The SMILES string of the molecule is c1ccc(C2(c3ccccc3)c3ccccc3-c3c(-c4cccc(N(c5ccc6c(c5)-c5ccccc5C65c6ccccc6Sc6ccccc65)c5cccc6c5-c5ccccc5C65c6ccccc6Oc6ccccc65)c4)cccc32)cc1. The quantitative estimate of drug-likeness (QED) is 0.165. The van der Waals surface area contributed by atoms with Gasteiger partial charge in [-0.1, -0.05) is 267 Å². The van der Waals surface area contributed by atoms with Crippen molar-refractivity contribution in [2.45, 2.75) is 26.0 Å². The van der Waals surface area contributed by atoms with E-state index in [1.807, 2.05) is 11.8 Å². The topological polar surface area (TPSA) is 12.5 Å². The minimum atomic E-state index is -0.647. The summed E-state index contributed by atoms with van der Waals surface area (Å²) in [4.78, 5) is 5.16. The number of benzene rings is 13. The highest BCUT2D eigenvalue weighted by Gasteiger charge is 2.54. The molecular formula is C81H51NOS. The predicted octanol–water partition coefficient (Wildman–Crippen LogP) is 20.5. The summed E-state index contributed by atoms with van der Waals surface area (Å²) in [5.41, 5.74) is 26.5. The van der Waals surface area contributed by atoms with Gasteiger partial charge in [-0.05, 0) is 149 Å². The lowest BCUT2D eigenvalue weighted by Crippen LogP contribution is -2.32. The number of rotatable bonds is 6. The van der Waals surface area contributed by atoms with Gasteiger partial charge in [0.2, 0.25) is 0 Å². The Hall–Kier alpha value is -10.2. The standard InChI is InChI=1S/C81H51NOS/c1-3-25-53(26-4-1)79(54-27-5-2-6-28-54)63-35-11-8-31-59(63)77-57(33-22-41-70(77)79)52-24-21-29-55(50-52)82(56-48-49-65-61(51-56)58-30-7-10-34-62(58)80(65)68-39-15-19-46-75(68)84-76-47-20-16-40-69(76)80)72-43-23-42-71-78(72)60-32-9-12-36-64(60)81(71)66-37-13-17-44-73(66)83-74-45-18-14-38-67(74)81/h1-51H. The molecule has 0 aromatic heterocycles. The highest BCUT2D eigenvalue weighted by molar-refractivity contribution is 7.99. The lowest BCUT2D eigenvalue weighted by atomic mass is 9.66. The van der Waals surface area contributed by atoms with Gasteiger partial charge in [0.05, 0.1) is 21.9 Å². The third-order valence-electron chi connectivity index (χ3n) is 19.1. The summed E-state index contributed by atoms with van der Waals surface area (Å²) >= 11 is 1.89. The van der Waals surface area contributed by atoms with Gasteiger partial charge in [0, 0.05) is 37.9 Å². The highest BCUT2D eigenvalue weighted by atomic mass is 32.2. The molecule has 13 aromatic carbocycles. The van der Waals surface area contributed by atoms with E-state index in [-0.39, 0.29) is 0 Å². The van der Waals surface area contributed by atoms with Crippen molar-refractivity contribution in [3.63, 3.8) is 0 Å². The number of anilines is 3. The third-order valence-corrected chi connectivity index (χ3v) is 20.2. The molecule has 18 rings (SSSR count). The Kier molecular flexibility index (Phi) is 10.1. The average Bonchev–Trinajstić information content (AvgIpc) is 1.69. The Morgan fingerprint density at radius 2 is 0.690 bits per heavy atom. The van der Waals surface area contributed by atoms with Crippen LogP contribution in [0.25, 0.3) is 44.5 Å². The highest BCUT2D eigenvalue weighted by Crippen LogP contribution is 2.67. The molecular weight excluding hydrogens is 1030 g/mol. The van der Waals surface area contributed by atoms with Crippen molar-refractivity contribution in [2.24, 2.45) is 0 Å². The lowest BCUT2D eigenvalue weighted by molar-refractivity contribution is 0.436. The average molecular weight is 1090 g/mol. The second kappa shape index (κ2) is 17.9. The van der Waals surface area contributed by atoms with Gasteiger partial charge in [-0.3, -0.25) is 0 Å². The number of para-hydroxylation sites is 2. The first kappa shape index (κ1) is 47.4. The van der Waals surface area contributed by atoms with Crippen LogP contribution in [0, 0.1) is 0 Å². The molecule has 5 aliphatic rings. The van der Waals surface area contributed by atoms with Gasteiger partial charge in [0.25, 0.3) is 0 Å². The lowest BCUT2D eigenvalue weighted by Gasteiger charge is -2.40. The van der Waals surface area contributed by atoms with Crippen LogP contribution in [0.3, 0.4) is 0 Å². The minimum Gasteiger partial charge on any atom is -0.457 e. The van der Waals surface area contributed by atoms with Crippen LogP contribution in [0.4, 0.5) is 17.1 Å². The van der Waals surface area contributed by atoms with Gasteiger partial charge in [-0.15, -0.1) is 0 Å². The smallest absolute Gasteiger partial charge is 0.132 e. The summed E-state index contributed by atoms with van der Waals surface area (Å²) in [5.74, 6) is 1.76. The van der Waals surface area contributed by atoms with Gasteiger partial charge in [0.15, 0.2) is 0 Å². The van der Waals surface area contributed by atoms with Crippen LogP contribution >= 0.6 is 11.8 Å². The zero-order chi connectivity index (χ0) is 55.1. The summed E-state index contributed by atoms with van der Waals surface area (Å²) in [7, 11) is 0. The monoisotopic (exact) mass is 1090 g/mol. The summed E-state index contributed by atoms with van der Waals surface area (Å²) in [6.07, 6.45) is 0. The molecule has 0 bridgehead atoms. The molecule has 2 aliphatic heterocycles. The fourth-order valence-corrected chi connectivity index (χ4v) is 17.2. The minimum absolute atomic E-state index is 0.504. The van der Waals surface area contributed by atoms with Gasteiger partial charge < -0.3 is 9.64 Å². The van der Waals surface area contributed by atoms with Crippen molar-refractivity contribution < 1.29 is 4.74 Å². The zero-order valence-electron chi connectivity index (χ0n) is 45.7. The molecule has 0 atom stereocenters. The number of fused-ring (bicyclic) bond motifs is 21. The maximum Gasteiger partial charge on any atom is 0.132 e. The first-order valence-electron chi connectivity index (χ1n) is 29.1. The second-order valence-electron chi connectivity index (χ2n) is 22.9. The third kappa shape index (κ3) is 6.16. The second-order valence-corrected chi connectivity index (χ2v) is 23.9. The molecule has 0 saturated carbocycles. The molecule has 0 fully saturated rings. The number of ether oxygens (including phenoxy) is 1. The van der Waals surface area contributed by atoms with E-state index in [0.29, 0.717) is 0 Å². The van der Waals surface area contributed by atoms with Gasteiger partial charge in [-0.25, -0.2) is 0 Å². The van der Waals surface area contributed by atoms with Gasteiger partial charge in [-0.2, -0.15) is 0 Å². The van der Waals surface area contributed by atoms with E-state index in [9.17, 15) is 0 Å². The van der Waals surface area contributed by atoms with Crippen molar-refractivity contribution in [2.75, 3.05) is 4.90 Å². The van der Waals surface area contributed by atoms with Crippen LogP contribution in [0.2, 0.25) is 0 Å². The summed E-state index contributed by atoms with van der Waals surface area (Å²) in [5, 5.41) is 0. The largest absolute Gasteiger partial charge is 0.457 e. The molecule has 13 aromatic rings. The van der Waals surface area contributed by atoms with Crippen molar-refractivity contribution in [1.29, 1.82) is 0 Å². The van der Waals surface area contributed by atoms with Crippen LogP contribution in [0.1, 0.15) is 66.8 Å². The molecule has 0 unspecified atom stereocenters. The molecule has 0 amide bonds. The van der Waals surface area contributed by atoms with Crippen LogP contribution in [0.5, 0.6) is 11.5 Å². The number of nitrogens with zero attached hydrogens (tertiary/aromatic N) is 1. The van der Waals surface area contributed by atoms with E-state index in [0.717, 1.165) is 45.3 Å². The molecule has 2 nitrogen and oxygen atoms in total. The van der Waals surface area contributed by atoms with Gasteiger partial charge in [0.1, 0.15) is 11.5 Å². The van der Waals surface area contributed by atoms with Gasteiger partial charge >= 0.3 is 0 Å². The summed E-state index contributed by atoms with van der Waals surface area (Å²) < 4.78 is 6.83. The Balaban J connectivity index is 0.909. The molecule has 3 aliphatic carbocycles. The van der Waals surface area contributed by atoms with Crippen molar-refractivity contribution in [3.05, 3.63) is 376 Å². The summed E-state index contributed by atoms with van der Waals surface area (Å²) in [6, 6.07) is 116. The molecule has 392 valence electrons. The first-order chi connectivity index (χ1) is 41.7. The van der Waals surface area contributed by atoms with Crippen LogP contribution < -0.4 is 9.64 Å². The molecule has 84 heavy (non-hydrogen) atoms. The Morgan fingerprint density at radius 1 is 0.262 bits per heavy atom. The van der Waals surface area contributed by atoms with E-state index in [4.69, 9.17) is 4.74 Å². The summed E-state index contributed by atoms with van der Waals surface area (Å²) in [6.45, 7) is 0. The van der Waals surface area contributed by atoms with Crippen molar-refractivity contribution >= 4 is 28.8 Å². The maximum absolute atomic E-state index is 6.83. The molecule has 0 radical (unpaired) electrons. The van der Waals surface area contributed by atoms with Crippen molar-refractivity contribution in [3.8, 4) is 56.0 Å². The Labute approximate surface area is 493 Å². The fraction of sp³-hybridized carbons (Fsp3) is 0.0370. The van der Waals surface area contributed by atoms with E-state index in [1.54, 1.807) is 0 Å². The van der Waals surface area contributed by atoms with Crippen LogP contribution in [0.15, 0.2) is 319 Å². The molecule has 2 spiro atoms. The van der Waals surface area contributed by atoms with E-state index < -0.39 is 16.2 Å². The Morgan fingerprint density at radius 3 is 1.33 bits per heavy atom. The Bertz CT molecular complexity index is 4750. The number of hydrogen-bond donors (Lipinski definition) is 0. The zero-order valence-corrected chi connectivity index (χ0v) is 46.5. The molecule has 0 N–H and O–H groups in total. The van der Waals surface area contributed by atoms with E-state index >= 15 is 0 Å². The predicted molar refractivity (Wildman–Crippen MR) is 343 cm³/mol. The van der Waals surface area contributed by atoms with Crippen LogP contribution in [-0.2, 0) is 16.2 Å². The molecule has 3 heteroatoms. The molecule has 2 heterocycles. The normalized spacial score (nSPS) is 14.8. The van der Waals surface area contributed by atoms with Crippen molar-refractivity contribution in [1.82, 2.24) is 0 Å². The van der Waals surface area contributed by atoms with Crippen LogP contribution in [-0.4, -0.2) is 0 Å². The first-order valence-corrected chi connectivity index (χ1v) is 30.0.